The molecule has 0 spiro atoms. The first-order valence-electron chi connectivity index (χ1n) is 14.7. The van der Waals surface area contributed by atoms with Crippen molar-refractivity contribution in [1.29, 1.82) is 0 Å². The predicted octanol–water partition coefficient (Wildman–Crippen LogP) is 8.57. The van der Waals surface area contributed by atoms with Crippen LogP contribution < -0.4 is 10.9 Å². The van der Waals surface area contributed by atoms with E-state index in [0.29, 0.717) is 0 Å². The van der Waals surface area contributed by atoms with E-state index >= 15 is 0 Å². The fraction of sp³-hybridized carbons (Fsp3) is 0.0500. The van der Waals surface area contributed by atoms with Crippen LogP contribution in [0.25, 0.3) is 38.9 Å². The Morgan fingerprint density at radius 1 is 0.381 bits per heavy atom. The molecule has 0 fully saturated rings. The van der Waals surface area contributed by atoms with Crippen LogP contribution in [0.4, 0.5) is 0 Å². The molecule has 0 amide bonds. The highest BCUT2D eigenvalue weighted by Gasteiger charge is 2.48. The zero-order valence-corrected chi connectivity index (χ0v) is 23.9. The van der Waals surface area contributed by atoms with Crippen molar-refractivity contribution in [3.63, 3.8) is 0 Å². The van der Waals surface area contributed by atoms with Gasteiger partial charge in [-0.2, -0.15) is 0 Å². The first-order valence-corrected chi connectivity index (χ1v) is 14.7. The van der Waals surface area contributed by atoms with Crippen LogP contribution in [-0.4, -0.2) is 20.1 Å². The maximum atomic E-state index is 3.59. The summed E-state index contributed by atoms with van der Waals surface area (Å²) in [4.78, 5) is 0. The normalized spacial score (nSPS) is 14.5. The van der Waals surface area contributed by atoms with Gasteiger partial charge in [-0.1, -0.05) is 169 Å². The third kappa shape index (κ3) is 4.60. The molecule has 0 saturated heterocycles. The van der Waals surface area contributed by atoms with Crippen LogP contribution >= 0.6 is 0 Å². The molecule has 6 aromatic rings. The van der Waals surface area contributed by atoms with Crippen LogP contribution in [0.15, 0.2) is 170 Å². The van der Waals surface area contributed by atoms with Crippen molar-refractivity contribution in [2.45, 2.75) is 0 Å². The topological polar surface area (TPSA) is 2.70 Å². The summed E-state index contributed by atoms with van der Waals surface area (Å²) < 4.78 is 3.59. The summed E-state index contributed by atoms with van der Waals surface area (Å²) in [6.45, 7) is 0.816. The molecule has 1 heterocycles. The molecule has 0 aromatic heterocycles. The van der Waals surface area contributed by atoms with E-state index < -0.39 is 6.35 Å². The van der Waals surface area contributed by atoms with Gasteiger partial charge in [-0.25, -0.2) is 0 Å². The van der Waals surface area contributed by atoms with Gasteiger partial charge in [0.05, 0.1) is 7.11 Å². The SMILES string of the molecule is C[O+]1CC=C(c2ccc(-c3ccccc3)cc2)[B-]1(c1ccc(-c2ccccc2)cc1)c1ccc(-c2ccccc2)cc1. The van der Waals surface area contributed by atoms with E-state index in [1.54, 1.807) is 0 Å². The van der Waals surface area contributed by atoms with E-state index in [-0.39, 0.29) is 0 Å². The molecule has 6 aromatic carbocycles. The van der Waals surface area contributed by atoms with Crippen molar-refractivity contribution in [2.75, 3.05) is 13.7 Å². The quantitative estimate of drug-likeness (QED) is 0.147. The molecule has 1 aliphatic heterocycles. The fourth-order valence-electron chi connectivity index (χ4n) is 6.76. The highest BCUT2D eigenvalue weighted by molar-refractivity contribution is 7.11. The summed E-state index contributed by atoms with van der Waals surface area (Å²) >= 11 is 0. The molecule has 2 heteroatoms. The minimum Gasteiger partial charge on any atom is -0.659 e. The number of rotatable bonds is 6. The van der Waals surface area contributed by atoms with Gasteiger partial charge in [0, 0.05) is 0 Å². The van der Waals surface area contributed by atoms with Crippen LogP contribution in [0.3, 0.4) is 0 Å². The molecule has 0 radical (unpaired) electrons. The number of hydrogen-bond donors (Lipinski definition) is 0. The number of hydrogen-bond acceptors (Lipinski definition) is 0. The largest absolute Gasteiger partial charge is 0.659 e. The van der Waals surface area contributed by atoms with Crippen molar-refractivity contribution >= 4 is 22.7 Å². The van der Waals surface area contributed by atoms with E-state index in [0.717, 1.165) is 6.61 Å². The van der Waals surface area contributed by atoms with Crippen molar-refractivity contribution in [1.82, 2.24) is 0 Å². The first kappa shape index (κ1) is 26.0. The van der Waals surface area contributed by atoms with E-state index in [9.17, 15) is 0 Å². The van der Waals surface area contributed by atoms with Gasteiger partial charge in [-0.3, -0.25) is 0 Å². The summed E-state index contributed by atoms with van der Waals surface area (Å²) in [5.74, 6) is 0. The molecule has 0 aliphatic carbocycles. The predicted molar refractivity (Wildman–Crippen MR) is 181 cm³/mol. The van der Waals surface area contributed by atoms with Gasteiger partial charge in [0.25, 0.3) is 0 Å². The van der Waals surface area contributed by atoms with Gasteiger partial charge in [0.15, 0.2) is 0 Å². The Morgan fingerprint density at radius 3 is 1.07 bits per heavy atom. The van der Waals surface area contributed by atoms with E-state index in [1.807, 2.05) is 0 Å². The lowest BCUT2D eigenvalue weighted by molar-refractivity contribution is 0.0892. The fourth-order valence-corrected chi connectivity index (χ4v) is 6.76. The monoisotopic (exact) mass is 540 g/mol. The second-order valence-corrected chi connectivity index (χ2v) is 11.2. The average Bonchev–Trinajstić information content (AvgIpc) is 3.43. The Kier molecular flexibility index (Phi) is 6.91. The second kappa shape index (κ2) is 11.2. The van der Waals surface area contributed by atoms with Crippen LogP contribution in [0, 0.1) is 0 Å². The highest BCUT2D eigenvalue weighted by Crippen LogP contribution is 2.37. The van der Waals surface area contributed by atoms with Gasteiger partial charge in [0.1, 0.15) is 6.61 Å². The zero-order valence-electron chi connectivity index (χ0n) is 23.9. The summed E-state index contributed by atoms with van der Waals surface area (Å²) in [7, 11) is 2.19. The number of benzene rings is 6. The van der Waals surface area contributed by atoms with Crippen LogP contribution in [0.1, 0.15) is 5.56 Å². The van der Waals surface area contributed by atoms with Gasteiger partial charge >= 0.3 is 6.35 Å². The highest BCUT2D eigenvalue weighted by atomic mass is 16.6. The van der Waals surface area contributed by atoms with Crippen LogP contribution in [0.5, 0.6) is 0 Å². The van der Waals surface area contributed by atoms with Gasteiger partial charge in [0.2, 0.25) is 0 Å². The Morgan fingerprint density at radius 2 is 0.690 bits per heavy atom. The van der Waals surface area contributed by atoms with Crippen molar-refractivity contribution in [3.8, 4) is 33.4 Å². The van der Waals surface area contributed by atoms with Crippen molar-refractivity contribution < 1.29 is 4.28 Å². The van der Waals surface area contributed by atoms with E-state index in [4.69, 9.17) is 0 Å². The molecule has 7 rings (SSSR count). The minimum atomic E-state index is -1.44. The average molecular weight is 541 g/mol. The Bertz CT molecular complexity index is 1720. The minimum absolute atomic E-state index is 0.816. The molecule has 1 nitrogen and oxygen atoms in total. The first-order chi connectivity index (χ1) is 20.7. The van der Waals surface area contributed by atoms with Gasteiger partial charge in [-0.05, 0) is 39.5 Å². The summed E-state index contributed by atoms with van der Waals surface area (Å²) in [5, 5.41) is 0. The molecule has 0 saturated carbocycles. The summed E-state index contributed by atoms with van der Waals surface area (Å²) in [6, 6.07) is 59.3. The molecule has 42 heavy (non-hydrogen) atoms. The Balaban J connectivity index is 1.35. The smallest absolute Gasteiger partial charge is 0.377 e. The molecule has 202 valence electrons. The molecule has 1 aliphatic rings. The zero-order chi connectivity index (χ0) is 28.4. The van der Waals surface area contributed by atoms with Crippen molar-refractivity contribution in [3.05, 3.63) is 175 Å². The van der Waals surface area contributed by atoms with E-state index in [2.05, 4.69) is 181 Å². The van der Waals surface area contributed by atoms with Crippen LogP contribution in [0.2, 0.25) is 0 Å². The third-order valence-electron chi connectivity index (χ3n) is 8.91. The molecule has 0 atom stereocenters. The Labute approximate surface area is 249 Å². The van der Waals surface area contributed by atoms with Gasteiger partial charge in [-0.15, -0.1) is 16.4 Å². The Hall–Kier alpha value is -4.92. The standard InChI is InChI=1S/C40H33BO/c1-42-30-29-40(37-19-17-34(18-20-37)31-11-5-2-6-12-31)41(42,38-25-21-35(22-26-38)32-13-7-3-8-14-32)39-27-23-36(24-28-39)33-15-9-4-10-16-33/h2-29H,30H2,1H3. The molecule has 0 N–H and O–H groups in total. The van der Waals surface area contributed by atoms with Crippen molar-refractivity contribution in [2.24, 2.45) is 0 Å². The van der Waals surface area contributed by atoms with Crippen LogP contribution in [-0.2, 0) is 4.28 Å². The maximum Gasteiger partial charge on any atom is 0.377 e. The summed E-state index contributed by atoms with van der Waals surface area (Å²) in [5.41, 5.74) is 12.6. The third-order valence-corrected chi connectivity index (χ3v) is 8.91. The maximum absolute atomic E-state index is 3.59. The summed E-state index contributed by atoms with van der Waals surface area (Å²) in [6.07, 6.45) is 0.959. The molecular weight excluding hydrogens is 507 g/mol. The second-order valence-electron chi connectivity index (χ2n) is 11.2. The lowest BCUT2D eigenvalue weighted by Gasteiger charge is -2.43. The molecule has 0 unspecified atom stereocenters. The van der Waals surface area contributed by atoms with Gasteiger partial charge < -0.3 is 4.28 Å². The molecular formula is C40H33BO. The van der Waals surface area contributed by atoms with E-state index in [1.165, 1.54) is 55.3 Å². The molecule has 0 bridgehead atoms. The lowest BCUT2D eigenvalue weighted by atomic mass is 9.27. The lowest BCUT2D eigenvalue weighted by Crippen LogP contribution is -2.64.